The minimum absolute atomic E-state index is 0.0187. The van der Waals surface area contributed by atoms with Crippen LogP contribution in [-0.4, -0.2) is 57.5 Å². The van der Waals surface area contributed by atoms with Gasteiger partial charge in [-0.15, -0.1) is 10.2 Å². The zero-order valence-corrected chi connectivity index (χ0v) is 20.2. The number of benzene rings is 2. The molecule has 4 rings (SSSR count). The molecule has 1 aromatic heterocycles. The van der Waals surface area contributed by atoms with Gasteiger partial charge >= 0.3 is 0 Å². The largest absolute Gasteiger partial charge is 0.354 e. The van der Waals surface area contributed by atoms with Crippen molar-refractivity contribution in [1.82, 2.24) is 25.0 Å². The fourth-order valence-electron chi connectivity index (χ4n) is 3.65. The maximum absolute atomic E-state index is 12.4. The highest BCUT2D eigenvalue weighted by Gasteiger charge is 2.18. The van der Waals surface area contributed by atoms with Gasteiger partial charge < -0.3 is 10.2 Å². The number of nitrogens with one attached hydrogen (secondary N) is 1. The summed E-state index contributed by atoms with van der Waals surface area (Å²) in [4.78, 5) is 14.8. The lowest BCUT2D eigenvalue weighted by atomic mass is 10.1. The Balaban J connectivity index is 1.51. The molecule has 1 amide bonds. The zero-order chi connectivity index (χ0) is 22.5. The van der Waals surface area contributed by atoms with Crippen molar-refractivity contribution in [3.63, 3.8) is 0 Å². The van der Waals surface area contributed by atoms with Crippen LogP contribution in [0.25, 0.3) is 17.1 Å². The molecule has 2 heterocycles. The van der Waals surface area contributed by atoms with E-state index in [2.05, 4.69) is 20.4 Å². The maximum Gasteiger partial charge on any atom is 0.230 e. The van der Waals surface area contributed by atoms with Gasteiger partial charge in [0.1, 0.15) is 0 Å². The number of amides is 1. The molecule has 0 unspecified atom stereocenters. The molecular formula is C23H25Cl2N5OS. The Morgan fingerprint density at radius 2 is 1.81 bits per heavy atom. The van der Waals surface area contributed by atoms with Gasteiger partial charge in [-0.05, 0) is 51.1 Å². The number of rotatable bonds is 8. The third-order valence-corrected chi connectivity index (χ3v) is 7.05. The van der Waals surface area contributed by atoms with Crippen molar-refractivity contribution in [2.75, 3.05) is 31.9 Å². The predicted molar refractivity (Wildman–Crippen MR) is 131 cm³/mol. The van der Waals surface area contributed by atoms with E-state index in [0.717, 1.165) is 36.4 Å². The summed E-state index contributed by atoms with van der Waals surface area (Å²) in [6.07, 6.45) is 2.50. The average molecular weight is 490 g/mol. The van der Waals surface area contributed by atoms with E-state index in [1.54, 1.807) is 12.1 Å². The van der Waals surface area contributed by atoms with Crippen molar-refractivity contribution in [3.05, 3.63) is 58.1 Å². The highest BCUT2D eigenvalue weighted by molar-refractivity contribution is 7.99. The quantitative estimate of drug-likeness (QED) is 0.458. The molecule has 1 N–H and O–H groups in total. The normalized spacial score (nSPS) is 14.1. The summed E-state index contributed by atoms with van der Waals surface area (Å²) < 4.78 is 1.91. The number of halogens is 2. The number of nitrogens with zero attached hydrogens (tertiary/aromatic N) is 4. The molecule has 0 saturated carbocycles. The topological polar surface area (TPSA) is 63.1 Å². The number of likely N-dealkylation sites (tertiary alicyclic amines) is 1. The van der Waals surface area contributed by atoms with E-state index in [9.17, 15) is 4.79 Å². The van der Waals surface area contributed by atoms with E-state index in [1.807, 2.05) is 41.8 Å². The molecule has 32 heavy (non-hydrogen) atoms. The Morgan fingerprint density at radius 1 is 1.06 bits per heavy atom. The lowest BCUT2D eigenvalue weighted by molar-refractivity contribution is -0.118. The second-order valence-corrected chi connectivity index (χ2v) is 9.55. The van der Waals surface area contributed by atoms with Crippen molar-refractivity contribution >= 4 is 40.9 Å². The number of carbonyl (C=O) groups is 1. The van der Waals surface area contributed by atoms with Crippen molar-refractivity contribution in [2.45, 2.75) is 24.9 Å². The fraction of sp³-hybridized carbons (Fsp3) is 0.348. The molecule has 2 aromatic carbocycles. The van der Waals surface area contributed by atoms with E-state index in [0.29, 0.717) is 27.6 Å². The van der Waals surface area contributed by atoms with Gasteiger partial charge in [-0.2, -0.15) is 0 Å². The van der Waals surface area contributed by atoms with Gasteiger partial charge in [0.15, 0.2) is 11.0 Å². The summed E-state index contributed by atoms with van der Waals surface area (Å²) in [6, 6.07) is 13.5. The van der Waals surface area contributed by atoms with Crippen LogP contribution in [0, 0.1) is 6.92 Å². The molecule has 6 nitrogen and oxygen atoms in total. The summed E-state index contributed by atoms with van der Waals surface area (Å²) in [5, 5.41) is 13.3. The molecule has 3 aromatic rings. The SMILES string of the molecule is Cc1ccc(-c2nnc(SCC(=O)NCCN3CCCC3)n2-c2ccc(Cl)c(Cl)c2)cc1. The molecule has 1 fully saturated rings. The van der Waals surface area contributed by atoms with Gasteiger partial charge in [0.2, 0.25) is 5.91 Å². The Kier molecular flexibility index (Phi) is 7.73. The number of aromatic nitrogens is 3. The first kappa shape index (κ1) is 23.1. The van der Waals surface area contributed by atoms with Crippen molar-refractivity contribution in [3.8, 4) is 17.1 Å². The lowest BCUT2D eigenvalue weighted by Crippen LogP contribution is -2.34. The van der Waals surface area contributed by atoms with Gasteiger partial charge in [-0.1, -0.05) is 64.8 Å². The standard InChI is InChI=1S/C23H25Cl2N5OS/c1-16-4-6-17(7-5-16)22-27-28-23(30(22)18-8-9-19(24)20(25)14-18)32-15-21(31)26-10-13-29-11-2-3-12-29/h4-9,14H,2-3,10-13,15H2,1H3,(H,26,31). The molecular weight excluding hydrogens is 465 g/mol. The van der Waals surface area contributed by atoms with Gasteiger partial charge in [0.05, 0.1) is 21.5 Å². The molecule has 0 spiro atoms. The highest BCUT2D eigenvalue weighted by atomic mass is 35.5. The van der Waals surface area contributed by atoms with Crippen LogP contribution >= 0.6 is 35.0 Å². The first-order chi connectivity index (χ1) is 15.5. The van der Waals surface area contributed by atoms with Crippen LogP contribution in [0.1, 0.15) is 18.4 Å². The summed E-state index contributed by atoms with van der Waals surface area (Å²) in [5.41, 5.74) is 2.88. The summed E-state index contributed by atoms with van der Waals surface area (Å²) >= 11 is 13.7. The van der Waals surface area contributed by atoms with Crippen molar-refractivity contribution in [1.29, 1.82) is 0 Å². The van der Waals surface area contributed by atoms with Gasteiger partial charge in [0.25, 0.3) is 0 Å². The molecule has 9 heteroatoms. The zero-order valence-electron chi connectivity index (χ0n) is 17.9. The van der Waals surface area contributed by atoms with E-state index >= 15 is 0 Å². The Labute approximate surface area is 202 Å². The van der Waals surface area contributed by atoms with Crippen LogP contribution in [0.15, 0.2) is 47.6 Å². The Bertz CT molecular complexity index is 1080. The first-order valence-electron chi connectivity index (χ1n) is 10.6. The monoisotopic (exact) mass is 489 g/mol. The number of aryl methyl sites for hydroxylation is 1. The van der Waals surface area contributed by atoms with E-state index in [4.69, 9.17) is 23.2 Å². The number of hydrogen-bond donors (Lipinski definition) is 1. The van der Waals surface area contributed by atoms with Gasteiger partial charge in [-0.3, -0.25) is 9.36 Å². The molecule has 1 aliphatic heterocycles. The van der Waals surface area contributed by atoms with Crippen LogP contribution in [0.3, 0.4) is 0 Å². The molecule has 1 aliphatic rings. The van der Waals surface area contributed by atoms with Crippen LogP contribution in [0.5, 0.6) is 0 Å². The highest BCUT2D eigenvalue weighted by Crippen LogP contribution is 2.31. The van der Waals surface area contributed by atoms with Crippen molar-refractivity contribution in [2.24, 2.45) is 0 Å². The summed E-state index contributed by atoms with van der Waals surface area (Å²) in [6.45, 7) is 5.84. The molecule has 168 valence electrons. The number of carbonyl (C=O) groups excluding carboxylic acids is 1. The second-order valence-electron chi connectivity index (χ2n) is 7.79. The van der Waals surface area contributed by atoms with E-state index in [1.165, 1.54) is 24.6 Å². The van der Waals surface area contributed by atoms with E-state index < -0.39 is 0 Å². The van der Waals surface area contributed by atoms with Crippen LogP contribution < -0.4 is 5.32 Å². The second kappa shape index (κ2) is 10.7. The van der Waals surface area contributed by atoms with Crippen LogP contribution in [0.4, 0.5) is 0 Å². The smallest absolute Gasteiger partial charge is 0.230 e. The summed E-state index contributed by atoms with van der Waals surface area (Å²) in [5.74, 6) is 0.919. The lowest BCUT2D eigenvalue weighted by Gasteiger charge is -2.14. The summed E-state index contributed by atoms with van der Waals surface area (Å²) in [7, 11) is 0. The van der Waals surface area contributed by atoms with Gasteiger partial charge in [-0.25, -0.2) is 0 Å². The number of hydrogen-bond acceptors (Lipinski definition) is 5. The Hall–Kier alpha value is -2.06. The average Bonchev–Trinajstić information content (AvgIpc) is 3.45. The third kappa shape index (κ3) is 5.64. The van der Waals surface area contributed by atoms with Crippen LogP contribution in [-0.2, 0) is 4.79 Å². The van der Waals surface area contributed by atoms with Gasteiger partial charge in [0, 0.05) is 18.7 Å². The molecule has 1 saturated heterocycles. The Morgan fingerprint density at radius 3 is 2.53 bits per heavy atom. The van der Waals surface area contributed by atoms with E-state index in [-0.39, 0.29) is 11.7 Å². The molecule has 0 bridgehead atoms. The predicted octanol–water partition coefficient (Wildman–Crippen LogP) is 4.85. The third-order valence-electron chi connectivity index (χ3n) is 5.39. The fourth-order valence-corrected chi connectivity index (χ4v) is 4.72. The maximum atomic E-state index is 12.4. The molecule has 0 atom stereocenters. The minimum Gasteiger partial charge on any atom is -0.354 e. The minimum atomic E-state index is -0.0187. The molecule has 0 radical (unpaired) electrons. The molecule has 0 aliphatic carbocycles. The first-order valence-corrected chi connectivity index (χ1v) is 12.3. The number of thioether (sulfide) groups is 1. The van der Waals surface area contributed by atoms with Crippen LogP contribution in [0.2, 0.25) is 10.0 Å². The van der Waals surface area contributed by atoms with Crippen molar-refractivity contribution < 1.29 is 4.79 Å².